The van der Waals surface area contributed by atoms with Crippen LogP contribution in [0, 0.1) is 0 Å². The molecule has 1 rings (SSSR count). The summed E-state index contributed by atoms with van der Waals surface area (Å²) in [7, 11) is -1.57. The van der Waals surface area contributed by atoms with Crippen molar-refractivity contribution in [1.82, 2.24) is 0 Å². The summed E-state index contributed by atoms with van der Waals surface area (Å²) in [6.45, 7) is 14.4. The topological polar surface area (TPSA) is 21.6 Å². The van der Waals surface area contributed by atoms with Gasteiger partial charge in [-0.15, -0.1) is 0 Å². The molecular weight excluding hydrogens is 190 g/mol. The molecule has 14 heavy (non-hydrogen) atoms. The number of hydrogen-bond acceptors (Lipinski definition) is 2. The fourth-order valence-corrected chi connectivity index (χ4v) is 2.73. The van der Waals surface area contributed by atoms with Crippen molar-refractivity contribution < 1.29 is 4.43 Å². The zero-order chi connectivity index (χ0) is 11.0. The van der Waals surface area contributed by atoms with Crippen molar-refractivity contribution in [2.24, 2.45) is 4.99 Å². The first-order valence-corrected chi connectivity index (χ1v) is 8.31. The van der Waals surface area contributed by atoms with E-state index in [0.717, 1.165) is 13.0 Å². The third-order valence-corrected chi connectivity index (χ3v) is 7.89. The summed E-state index contributed by atoms with van der Waals surface area (Å²) in [4.78, 5) is 4.40. The number of aliphatic imine (C=N–C) groups is 1. The quantitative estimate of drug-likeness (QED) is 0.645. The Labute approximate surface area is 88.9 Å². The van der Waals surface area contributed by atoms with Gasteiger partial charge in [0.2, 0.25) is 0 Å². The Hall–Kier alpha value is -0.153. The highest BCUT2D eigenvalue weighted by Crippen LogP contribution is 2.38. The first-order valence-electron chi connectivity index (χ1n) is 5.40. The summed E-state index contributed by atoms with van der Waals surface area (Å²) in [5.41, 5.74) is 1.24. The molecule has 0 N–H and O–H groups in total. The van der Waals surface area contributed by atoms with Gasteiger partial charge >= 0.3 is 0 Å². The highest BCUT2D eigenvalue weighted by molar-refractivity contribution is 6.74. The van der Waals surface area contributed by atoms with Crippen LogP contribution < -0.4 is 0 Å². The molecule has 1 aliphatic heterocycles. The number of rotatable bonds is 2. The fourth-order valence-electron chi connectivity index (χ4n) is 1.39. The minimum absolute atomic E-state index is 0.309. The second-order valence-electron chi connectivity index (χ2n) is 5.78. The zero-order valence-electron chi connectivity index (χ0n) is 10.3. The van der Waals surface area contributed by atoms with Gasteiger partial charge in [0.05, 0.1) is 12.6 Å². The van der Waals surface area contributed by atoms with Crippen LogP contribution in [-0.4, -0.2) is 26.7 Å². The molecular formula is C11H23NOSi. The van der Waals surface area contributed by atoms with E-state index in [2.05, 4.69) is 45.8 Å². The SMILES string of the molecule is CC1=NCC(O[Si](C)(C)C(C)(C)C)C1. The molecule has 1 aliphatic rings. The normalized spacial score (nSPS) is 23.9. The van der Waals surface area contributed by atoms with E-state index in [4.69, 9.17) is 4.43 Å². The smallest absolute Gasteiger partial charge is 0.192 e. The highest BCUT2D eigenvalue weighted by atomic mass is 28.4. The molecule has 0 amide bonds. The third kappa shape index (κ3) is 2.67. The van der Waals surface area contributed by atoms with Crippen molar-refractivity contribution in [1.29, 1.82) is 0 Å². The third-order valence-electron chi connectivity index (χ3n) is 3.36. The zero-order valence-corrected chi connectivity index (χ0v) is 11.3. The van der Waals surface area contributed by atoms with Crippen LogP contribution in [0.4, 0.5) is 0 Å². The maximum atomic E-state index is 6.26. The first kappa shape index (κ1) is 11.9. The van der Waals surface area contributed by atoms with Crippen molar-refractivity contribution in [2.75, 3.05) is 6.54 Å². The van der Waals surface area contributed by atoms with Gasteiger partial charge in [0, 0.05) is 12.1 Å². The van der Waals surface area contributed by atoms with Gasteiger partial charge in [0.25, 0.3) is 0 Å². The lowest BCUT2D eigenvalue weighted by Gasteiger charge is -2.38. The Balaban J connectivity index is 2.53. The molecule has 0 spiro atoms. The van der Waals surface area contributed by atoms with Crippen LogP contribution in [0.3, 0.4) is 0 Å². The molecule has 2 nitrogen and oxygen atoms in total. The van der Waals surface area contributed by atoms with Gasteiger partial charge in [0.1, 0.15) is 0 Å². The van der Waals surface area contributed by atoms with Gasteiger partial charge in [-0.3, -0.25) is 4.99 Å². The van der Waals surface area contributed by atoms with Crippen molar-refractivity contribution in [2.45, 2.75) is 58.4 Å². The maximum Gasteiger partial charge on any atom is 0.192 e. The molecule has 1 unspecified atom stereocenters. The molecule has 0 bridgehead atoms. The second-order valence-corrected chi connectivity index (χ2v) is 10.5. The van der Waals surface area contributed by atoms with Gasteiger partial charge in [-0.1, -0.05) is 20.8 Å². The van der Waals surface area contributed by atoms with E-state index in [1.165, 1.54) is 5.71 Å². The van der Waals surface area contributed by atoms with Gasteiger partial charge in [-0.2, -0.15) is 0 Å². The maximum absolute atomic E-state index is 6.26. The molecule has 0 fully saturated rings. The molecule has 82 valence electrons. The molecule has 1 atom stereocenters. The summed E-state index contributed by atoms with van der Waals surface area (Å²) < 4.78 is 6.26. The molecule has 0 saturated carbocycles. The predicted molar refractivity (Wildman–Crippen MR) is 64.7 cm³/mol. The average molecular weight is 213 g/mol. The fraction of sp³-hybridized carbons (Fsp3) is 0.909. The molecule has 3 heteroatoms. The van der Waals surface area contributed by atoms with Crippen LogP contribution in [0.25, 0.3) is 0 Å². The Morgan fingerprint density at radius 3 is 2.29 bits per heavy atom. The average Bonchev–Trinajstić information content (AvgIpc) is 2.31. The van der Waals surface area contributed by atoms with Gasteiger partial charge in [0.15, 0.2) is 8.32 Å². The number of hydrogen-bond donors (Lipinski definition) is 0. The summed E-state index contributed by atoms with van der Waals surface area (Å²) >= 11 is 0. The first-order chi connectivity index (χ1) is 6.22. The van der Waals surface area contributed by atoms with Crippen molar-refractivity contribution in [3.05, 3.63) is 0 Å². The van der Waals surface area contributed by atoms with Crippen LogP contribution in [0.2, 0.25) is 18.1 Å². The number of nitrogens with zero attached hydrogens (tertiary/aromatic N) is 1. The lowest BCUT2D eigenvalue weighted by atomic mass is 10.2. The van der Waals surface area contributed by atoms with E-state index < -0.39 is 8.32 Å². The molecule has 1 heterocycles. The molecule has 0 aromatic carbocycles. The van der Waals surface area contributed by atoms with E-state index in [1.54, 1.807) is 0 Å². The van der Waals surface area contributed by atoms with Crippen LogP contribution in [0.1, 0.15) is 34.1 Å². The van der Waals surface area contributed by atoms with Crippen molar-refractivity contribution in [3.8, 4) is 0 Å². The van der Waals surface area contributed by atoms with E-state index in [1.807, 2.05) is 0 Å². The predicted octanol–water partition coefficient (Wildman–Crippen LogP) is 3.24. The van der Waals surface area contributed by atoms with E-state index in [9.17, 15) is 0 Å². The summed E-state index contributed by atoms with van der Waals surface area (Å²) in [6.07, 6.45) is 1.39. The second kappa shape index (κ2) is 3.78. The molecule has 0 aromatic rings. The van der Waals surface area contributed by atoms with E-state index in [0.29, 0.717) is 11.1 Å². The molecule has 0 saturated heterocycles. The molecule has 0 radical (unpaired) electrons. The largest absolute Gasteiger partial charge is 0.412 e. The lowest BCUT2D eigenvalue weighted by molar-refractivity contribution is 0.203. The minimum atomic E-state index is -1.57. The lowest BCUT2D eigenvalue weighted by Crippen LogP contribution is -2.44. The van der Waals surface area contributed by atoms with Crippen LogP contribution in [-0.2, 0) is 4.43 Å². The Morgan fingerprint density at radius 1 is 1.36 bits per heavy atom. The summed E-state index contributed by atoms with van der Waals surface area (Å²) in [5, 5.41) is 0.309. The van der Waals surface area contributed by atoms with Gasteiger partial charge in [-0.25, -0.2) is 0 Å². The summed E-state index contributed by atoms with van der Waals surface area (Å²) in [5.74, 6) is 0. The van der Waals surface area contributed by atoms with E-state index in [-0.39, 0.29) is 0 Å². The van der Waals surface area contributed by atoms with Crippen LogP contribution in [0.15, 0.2) is 4.99 Å². The summed E-state index contributed by atoms with van der Waals surface area (Å²) in [6, 6.07) is 0. The Morgan fingerprint density at radius 2 is 1.93 bits per heavy atom. The minimum Gasteiger partial charge on any atom is -0.412 e. The highest BCUT2D eigenvalue weighted by Gasteiger charge is 2.39. The molecule has 0 aromatic heterocycles. The van der Waals surface area contributed by atoms with Gasteiger partial charge < -0.3 is 4.43 Å². The van der Waals surface area contributed by atoms with Crippen LogP contribution in [0.5, 0.6) is 0 Å². The Kier molecular flexibility index (Phi) is 3.22. The van der Waals surface area contributed by atoms with Crippen LogP contribution >= 0.6 is 0 Å². The monoisotopic (exact) mass is 213 g/mol. The van der Waals surface area contributed by atoms with E-state index >= 15 is 0 Å². The van der Waals surface area contributed by atoms with Crippen molar-refractivity contribution >= 4 is 14.0 Å². The Bertz CT molecular complexity index is 240. The van der Waals surface area contributed by atoms with Gasteiger partial charge in [-0.05, 0) is 25.1 Å². The standard InChI is InChI=1S/C11H23NOSi/c1-9-7-10(8-12-9)13-14(5,6)11(2,3)4/h10H,7-8H2,1-6H3. The van der Waals surface area contributed by atoms with Crippen molar-refractivity contribution in [3.63, 3.8) is 0 Å². The molecule has 0 aliphatic carbocycles.